The van der Waals surface area contributed by atoms with Gasteiger partial charge in [0.2, 0.25) is 0 Å². The van der Waals surface area contributed by atoms with Crippen LogP contribution in [-0.2, 0) is 6.54 Å². The van der Waals surface area contributed by atoms with Gasteiger partial charge in [0.1, 0.15) is 0 Å². The van der Waals surface area contributed by atoms with Crippen LogP contribution >= 0.6 is 0 Å². The average molecular weight is 312 g/mol. The Morgan fingerprint density at radius 2 is 1.78 bits per heavy atom. The Labute approximate surface area is 137 Å². The molecule has 0 amide bonds. The number of anilines is 2. The van der Waals surface area contributed by atoms with Crippen LogP contribution in [0.1, 0.15) is 18.4 Å². The van der Waals surface area contributed by atoms with E-state index in [4.69, 9.17) is 0 Å². The third-order valence-corrected chi connectivity index (χ3v) is 4.19. The highest BCUT2D eigenvalue weighted by molar-refractivity contribution is 5.60. The minimum Gasteiger partial charge on any atom is -0.364 e. The lowest BCUT2D eigenvalue weighted by Gasteiger charge is -2.33. The summed E-state index contributed by atoms with van der Waals surface area (Å²) < 4.78 is 0. The Bertz CT molecular complexity index is 607. The van der Waals surface area contributed by atoms with Gasteiger partial charge in [-0.25, -0.2) is 9.97 Å². The Morgan fingerprint density at radius 1 is 1.09 bits per heavy atom. The maximum atomic E-state index is 4.44. The molecule has 23 heavy (non-hydrogen) atoms. The molecule has 0 unspecified atom stereocenters. The highest BCUT2D eigenvalue weighted by Gasteiger charge is 2.20. The molecule has 6 nitrogen and oxygen atoms in total. The molecule has 3 rings (SSSR count). The number of aromatic nitrogens is 3. The molecule has 1 aliphatic rings. The summed E-state index contributed by atoms with van der Waals surface area (Å²) in [5.74, 6) is 1.77. The summed E-state index contributed by atoms with van der Waals surface area (Å²) in [6.45, 7) is 3.19. The lowest BCUT2D eigenvalue weighted by molar-refractivity contribution is 0.211. The number of pyridine rings is 1. The first-order valence-corrected chi connectivity index (χ1v) is 8.08. The van der Waals surface area contributed by atoms with Gasteiger partial charge in [0.15, 0.2) is 11.6 Å². The molecule has 1 N–H and O–H groups in total. The molecule has 1 fully saturated rings. The number of hydrogen-bond donors (Lipinski definition) is 1. The van der Waals surface area contributed by atoms with Crippen molar-refractivity contribution in [1.29, 1.82) is 0 Å². The quantitative estimate of drug-likeness (QED) is 0.911. The third-order valence-electron chi connectivity index (χ3n) is 4.19. The Morgan fingerprint density at radius 3 is 2.48 bits per heavy atom. The van der Waals surface area contributed by atoms with E-state index in [0.29, 0.717) is 6.04 Å². The van der Waals surface area contributed by atoms with Gasteiger partial charge in [0, 0.05) is 64.6 Å². The number of hydrogen-bond acceptors (Lipinski definition) is 6. The van der Waals surface area contributed by atoms with Gasteiger partial charge in [-0.2, -0.15) is 0 Å². The van der Waals surface area contributed by atoms with E-state index >= 15 is 0 Å². The largest absolute Gasteiger partial charge is 0.364 e. The monoisotopic (exact) mass is 312 g/mol. The summed E-state index contributed by atoms with van der Waals surface area (Å²) in [4.78, 5) is 17.4. The van der Waals surface area contributed by atoms with Crippen LogP contribution in [-0.4, -0.2) is 53.1 Å². The van der Waals surface area contributed by atoms with Crippen molar-refractivity contribution in [3.8, 4) is 0 Å². The van der Waals surface area contributed by atoms with Crippen LogP contribution in [0, 0.1) is 0 Å². The first-order valence-electron chi connectivity index (χ1n) is 8.08. The van der Waals surface area contributed by atoms with E-state index in [1.54, 1.807) is 12.4 Å². The fourth-order valence-electron chi connectivity index (χ4n) is 2.93. The van der Waals surface area contributed by atoms with Crippen LogP contribution in [0.25, 0.3) is 0 Å². The van der Waals surface area contributed by atoms with Crippen molar-refractivity contribution in [2.75, 3.05) is 37.4 Å². The molecule has 0 atom stereocenters. The van der Waals surface area contributed by atoms with Gasteiger partial charge in [0.25, 0.3) is 0 Å². The van der Waals surface area contributed by atoms with Crippen molar-refractivity contribution in [3.63, 3.8) is 0 Å². The first kappa shape index (κ1) is 15.7. The minimum atomic E-state index is 0.457. The average Bonchev–Trinajstić information content (AvgIpc) is 2.58. The van der Waals surface area contributed by atoms with Crippen molar-refractivity contribution in [1.82, 2.24) is 19.9 Å². The molecule has 1 saturated heterocycles. The van der Waals surface area contributed by atoms with E-state index < -0.39 is 0 Å². The maximum absolute atomic E-state index is 4.44. The lowest BCUT2D eigenvalue weighted by Crippen LogP contribution is -2.39. The van der Waals surface area contributed by atoms with Gasteiger partial charge in [-0.1, -0.05) is 0 Å². The summed E-state index contributed by atoms with van der Waals surface area (Å²) >= 11 is 0. The Balaban J connectivity index is 1.53. The smallest absolute Gasteiger partial charge is 0.171 e. The summed E-state index contributed by atoms with van der Waals surface area (Å²) in [5.41, 5.74) is 1.33. The van der Waals surface area contributed by atoms with E-state index in [-0.39, 0.29) is 0 Å². The number of likely N-dealkylation sites (tertiary alicyclic amines) is 1. The molecule has 3 heterocycles. The molecular weight excluding hydrogens is 288 g/mol. The Kier molecular flexibility index (Phi) is 5.02. The van der Waals surface area contributed by atoms with Gasteiger partial charge in [-0.05, 0) is 30.5 Å². The number of nitrogens with zero attached hydrogens (tertiary/aromatic N) is 5. The predicted molar refractivity (Wildman–Crippen MR) is 92.5 cm³/mol. The van der Waals surface area contributed by atoms with E-state index in [0.717, 1.165) is 44.1 Å². The lowest BCUT2D eigenvalue weighted by atomic mass is 10.0. The van der Waals surface area contributed by atoms with Gasteiger partial charge in [-0.3, -0.25) is 9.88 Å². The normalized spacial score (nSPS) is 16.3. The van der Waals surface area contributed by atoms with Crippen LogP contribution in [0.4, 0.5) is 11.6 Å². The molecule has 0 spiro atoms. The second-order valence-corrected chi connectivity index (χ2v) is 6.17. The minimum absolute atomic E-state index is 0.457. The predicted octanol–water partition coefficient (Wildman–Crippen LogP) is 2.01. The molecule has 0 saturated carbocycles. The van der Waals surface area contributed by atoms with Gasteiger partial charge in [0.05, 0.1) is 0 Å². The van der Waals surface area contributed by atoms with Gasteiger partial charge >= 0.3 is 0 Å². The second kappa shape index (κ2) is 7.37. The van der Waals surface area contributed by atoms with E-state index in [1.807, 2.05) is 31.4 Å². The number of piperidine rings is 1. The van der Waals surface area contributed by atoms with Crippen LogP contribution in [0.5, 0.6) is 0 Å². The summed E-state index contributed by atoms with van der Waals surface area (Å²) in [6.07, 6.45) is 9.44. The molecule has 6 heteroatoms. The standard InChI is InChI=1S/C17H24N6/c1-22(2)17-16(19-9-10-20-17)21-15-5-11-23(12-6-15)13-14-3-7-18-8-4-14/h3-4,7-10,15H,5-6,11-13H2,1-2H3,(H,19,21). The molecule has 0 radical (unpaired) electrons. The molecule has 0 bridgehead atoms. The van der Waals surface area contributed by atoms with Crippen LogP contribution in [0.2, 0.25) is 0 Å². The number of rotatable bonds is 5. The molecule has 122 valence electrons. The highest BCUT2D eigenvalue weighted by Crippen LogP contribution is 2.22. The summed E-state index contributed by atoms with van der Waals surface area (Å²) in [7, 11) is 3.99. The van der Waals surface area contributed by atoms with Crippen molar-refractivity contribution in [3.05, 3.63) is 42.5 Å². The zero-order valence-electron chi connectivity index (χ0n) is 13.8. The van der Waals surface area contributed by atoms with Crippen LogP contribution in [0.15, 0.2) is 36.9 Å². The zero-order chi connectivity index (χ0) is 16.1. The number of nitrogens with one attached hydrogen (secondary N) is 1. The molecule has 2 aromatic heterocycles. The fraction of sp³-hybridized carbons (Fsp3) is 0.471. The highest BCUT2D eigenvalue weighted by atomic mass is 15.2. The van der Waals surface area contributed by atoms with Gasteiger partial charge < -0.3 is 10.2 Å². The van der Waals surface area contributed by atoms with Crippen LogP contribution < -0.4 is 10.2 Å². The van der Waals surface area contributed by atoms with Gasteiger partial charge in [-0.15, -0.1) is 0 Å². The van der Waals surface area contributed by atoms with Crippen molar-refractivity contribution in [2.45, 2.75) is 25.4 Å². The summed E-state index contributed by atoms with van der Waals surface area (Å²) in [5, 5.41) is 3.56. The Hall–Kier alpha value is -2.21. The molecular formula is C17H24N6. The SMILES string of the molecule is CN(C)c1nccnc1NC1CCN(Cc2ccncc2)CC1. The molecule has 0 aromatic carbocycles. The van der Waals surface area contributed by atoms with Crippen molar-refractivity contribution in [2.24, 2.45) is 0 Å². The van der Waals surface area contributed by atoms with Crippen molar-refractivity contribution < 1.29 is 0 Å². The first-order chi connectivity index (χ1) is 11.2. The van der Waals surface area contributed by atoms with E-state index in [9.17, 15) is 0 Å². The van der Waals surface area contributed by atoms with E-state index in [1.165, 1.54) is 5.56 Å². The molecule has 1 aliphatic heterocycles. The zero-order valence-corrected chi connectivity index (χ0v) is 13.8. The molecule has 0 aliphatic carbocycles. The topological polar surface area (TPSA) is 57.2 Å². The van der Waals surface area contributed by atoms with Crippen molar-refractivity contribution >= 4 is 11.6 Å². The molecule has 2 aromatic rings. The van der Waals surface area contributed by atoms with Crippen LogP contribution in [0.3, 0.4) is 0 Å². The van der Waals surface area contributed by atoms with E-state index in [2.05, 4.69) is 37.3 Å². The fourth-order valence-corrected chi connectivity index (χ4v) is 2.93. The third kappa shape index (κ3) is 4.16. The second-order valence-electron chi connectivity index (χ2n) is 6.17. The maximum Gasteiger partial charge on any atom is 0.171 e. The summed E-state index contributed by atoms with van der Waals surface area (Å²) in [6, 6.07) is 4.64.